The maximum atomic E-state index is 11.7. The first kappa shape index (κ1) is 14.0. The summed E-state index contributed by atoms with van der Waals surface area (Å²) in [5.74, 6) is -1.52. The van der Waals surface area contributed by atoms with Gasteiger partial charge in [-0.1, -0.05) is 12.1 Å². The second-order valence-corrected chi connectivity index (χ2v) is 3.72. The van der Waals surface area contributed by atoms with Crippen molar-refractivity contribution in [3.63, 3.8) is 0 Å². The minimum atomic E-state index is -1.43. The van der Waals surface area contributed by atoms with Gasteiger partial charge in [0.25, 0.3) is 5.91 Å². The Labute approximate surface area is 104 Å². The van der Waals surface area contributed by atoms with Crippen molar-refractivity contribution in [2.45, 2.75) is 13.0 Å². The van der Waals surface area contributed by atoms with Crippen LogP contribution in [-0.2, 0) is 9.53 Å². The summed E-state index contributed by atoms with van der Waals surface area (Å²) >= 11 is 0. The van der Waals surface area contributed by atoms with Crippen LogP contribution >= 0.6 is 0 Å². The van der Waals surface area contributed by atoms with E-state index in [1.165, 1.54) is 6.07 Å². The zero-order valence-corrected chi connectivity index (χ0v) is 10.1. The lowest BCUT2D eigenvalue weighted by molar-refractivity contribution is -0.149. The second kappa shape index (κ2) is 6.02. The molecule has 6 nitrogen and oxygen atoms in total. The predicted octanol–water partition coefficient (Wildman–Crippen LogP) is -0.0357. The Morgan fingerprint density at radius 3 is 2.72 bits per heavy atom. The van der Waals surface area contributed by atoms with E-state index in [0.29, 0.717) is 5.56 Å². The van der Waals surface area contributed by atoms with E-state index in [4.69, 9.17) is 0 Å². The lowest BCUT2D eigenvalue weighted by atomic mass is 10.1. The molecule has 0 aliphatic rings. The van der Waals surface area contributed by atoms with E-state index >= 15 is 0 Å². The van der Waals surface area contributed by atoms with Crippen molar-refractivity contribution < 1.29 is 24.5 Å². The molecule has 1 atom stereocenters. The Morgan fingerprint density at radius 1 is 1.44 bits per heavy atom. The van der Waals surface area contributed by atoms with Gasteiger partial charge in [0.15, 0.2) is 6.10 Å². The standard InChI is InChI=1S/C12H15NO5/c1-7-4-3-5-8(10(7)15)11(16)13-6-9(14)12(17)18-2/h3-5,9,14-15H,6H2,1-2H3,(H,13,16). The van der Waals surface area contributed by atoms with Crippen LogP contribution in [0.4, 0.5) is 0 Å². The van der Waals surface area contributed by atoms with Gasteiger partial charge >= 0.3 is 5.97 Å². The van der Waals surface area contributed by atoms with E-state index in [1.807, 2.05) is 0 Å². The van der Waals surface area contributed by atoms with E-state index in [0.717, 1.165) is 7.11 Å². The number of aromatic hydroxyl groups is 1. The number of hydrogen-bond acceptors (Lipinski definition) is 5. The van der Waals surface area contributed by atoms with Gasteiger partial charge in [0, 0.05) is 0 Å². The van der Waals surface area contributed by atoms with Crippen LogP contribution in [0.2, 0.25) is 0 Å². The summed E-state index contributed by atoms with van der Waals surface area (Å²) in [7, 11) is 1.14. The third kappa shape index (κ3) is 3.21. The van der Waals surface area contributed by atoms with Crippen molar-refractivity contribution in [2.75, 3.05) is 13.7 Å². The van der Waals surface area contributed by atoms with Crippen LogP contribution in [0.25, 0.3) is 0 Å². The largest absolute Gasteiger partial charge is 0.507 e. The van der Waals surface area contributed by atoms with Gasteiger partial charge in [-0.2, -0.15) is 0 Å². The van der Waals surface area contributed by atoms with Crippen molar-refractivity contribution in [1.29, 1.82) is 0 Å². The highest BCUT2D eigenvalue weighted by atomic mass is 16.5. The number of carbonyl (C=O) groups excluding carboxylic acids is 2. The Hall–Kier alpha value is -2.08. The summed E-state index contributed by atoms with van der Waals surface area (Å²) in [5, 5.41) is 21.3. The van der Waals surface area contributed by atoms with Gasteiger partial charge in [-0.3, -0.25) is 4.79 Å². The van der Waals surface area contributed by atoms with Crippen molar-refractivity contribution in [1.82, 2.24) is 5.32 Å². The molecule has 0 aliphatic heterocycles. The van der Waals surface area contributed by atoms with Crippen LogP contribution in [0.1, 0.15) is 15.9 Å². The highest BCUT2D eigenvalue weighted by molar-refractivity contribution is 5.97. The van der Waals surface area contributed by atoms with Crippen molar-refractivity contribution >= 4 is 11.9 Å². The molecule has 0 fully saturated rings. The molecule has 0 bridgehead atoms. The van der Waals surface area contributed by atoms with Crippen LogP contribution < -0.4 is 5.32 Å². The number of phenols is 1. The Balaban J connectivity index is 2.66. The fourth-order valence-corrected chi connectivity index (χ4v) is 1.35. The number of hydrogen-bond donors (Lipinski definition) is 3. The highest BCUT2D eigenvalue weighted by Gasteiger charge is 2.18. The number of rotatable bonds is 4. The number of aliphatic hydroxyl groups excluding tert-OH is 1. The Bertz CT molecular complexity index is 458. The van der Waals surface area contributed by atoms with E-state index in [2.05, 4.69) is 10.1 Å². The Morgan fingerprint density at radius 2 is 2.11 bits per heavy atom. The quantitative estimate of drug-likeness (QED) is 0.654. The summed E-state index contributed by atoms with van der Waals surface area (Å²) in [6.45, 7) is 1.38. The SMILES string of the molecule is COC(=O)C(O)CNC(=O)c1cccc(C)c1O. The van der Waals surface area contributed by atoms with E-state index in [9.17, 15) is 19.8 Å². The topological polar surface area (TPSA) is 95.9 Å². The predicted molar refractivity (Wildman–Crippen MR) is 63.2 cm³/mol. The number of benzene rings is 1. The van der Waals surface area contributed by atoms with E-state index < -0.39 is 18.0 Å². The number of aryl methyl sites for hydroxylation is 1. The molecule has 98 valence electrons. The number of phenolic OH excluding ortho intramolecular Hbond substituents is 1. The number of nitrogens with one attached hydrogen (secondary N) is 1. The second-order valence-electron chi connectivity index (χ2n) is 3.72. The molecule has 0 saturated heterocycles. The molecule has 1 unspecified atom stereocenters. The molecular weight excluding hydrogens is 238 g/mol. The summed E-state index contributed by atoms with van der Waals surface area (Å²) in [6, 6.07) is 4.73. The number of aliphatic hydroxyl groups is 1. The number of carbonyl (C=O) groups is 2. The summed E-state index contributed by atoms with van der Waals surface area (Å²) < 4.78 is 4.30. The number of esters is 1. The molecule has 18 heavy (non-hydrogen) atoms. The first-order valence-corrected chi connectivity index (χ1v) is 5.30. The average Bonchev–Trinajstić information content (AvgIpc) is 2.37. The maximum absolute atomic E-state index is 11.7. The summed E-state index contributed by atoms with van der Waals surface area (Å²) in [6.07, 6.45) is -1.43. The van der Waals surface area contributed by atoms with Crippen molar-refractivity contribution in [3.05, 3.63) is 29.3 Å². The van der Waals surface area contributed by atoms with Gasteiger partial charge in [-0.25, -0.2) is 4.79 Å². The highest BCUT2D eigenvalue weighted by Crippen LogP contribution is 2.20. The summed E-state index contributed by atoms with van der Waals surface area (Å²) in [4.78, 5) is 22.6. The molecule has 0 heterocycles. The molecule has 6 heteroatoms. The number of methoxy groups -OCH3 is 1. The molecule has 1 rings (SSSR count). The van der Waals surface area contributed by atoms with Crippen LogP contribution in [0.5, 0.6) is 5.75 Å². The van der Waals surface area contributed by atoms with Gasteiger partial charge in [0.1, 0.15) is 5.75 Å². The molecule has 0 radical (unpaired) electrons. The Kier molecular flexibility index (Phi) is 4.67. The first-order valence-electron chi connectivity index (χ1n) is 5.30. The minimum Gasteiger partial charge on any atom is -0.507 e. The van der Waals surface area contributed by atoms with Crippen molar-refractivity contribution in [2.24, 2.45) is 0 Å². The smallest absolute Gasteiger partial charge is 0.336 e. The fourth-order valence-electron chi connectivity index (χ4n) is 1.35. The number of amides is 1. The van der Waals surface area contributed by atoms with Gasteiger partial charge in [-0.15, -0.1) is 0 Å². The normalized spacial score (nSPS) is 11.7. The van der Waals surface area contributed by atoms with Crippen LogP contribution in [0, 0.1) is 6.92 Å². The number of para-hydroxylation sites is 1. The molecule has 0 aromatic heterocycles. The number of ether oxygens (including phenoxy) is 1. The monoisotopic (exact) mass is 253 g/mol. The van der Waals surface area contributed by atoms with E-state index in [-0.39, 0.29) is 17.9 Å². The van der Waals surface area contributed by atoms with Crippen LogP contribution in [0.3, 0.4) is 0 Å². The van der Waals surface area contributed by atoms with Gasteiger partial charge < -0.3 is 20.3 Å². The first-order chi connectivity index (χ1) is 8.47. The third-order valence-electron chi connectivity index (χ3n) is 2.41. The lowest BCUT2D eigenvalue weighted by Crippen LogP contribution is -2.37. The molecular formula is C12H15NO5. The molecule has 3 N–H and O–H groups in total. The molecule has 0 aliphatic carbocycles. The molecule has 1 aromatic rings. The average molecular weight is 253 g/mol. The maximum Gasteiger partial charge on any atom is 0.336 e. The fraction of sp³-hybridized carbons (Fsp3) is 0.333. The third-order valence-corrected chi connectivity index (χ3v) is 2.41. The zero-order valence-electron chi connectivity index (χ0n) is 10.1. The molecule has 0 spiro atoms. The van der Waals surface area contributed by atoms with Crippen LogP contribution in [-0.4, -0.2) is 41.8 Å². The summed E-state index contributed by atoms with van der Waals surface area (Å²) in [5.41, 5.74) is 0.656. The zero-order chi connectivity index (χ0) is 13.7. The minimum absolute atomic E-state index is 0.0899. The van der Waals surface area contributed by atoms with Gasteiger partial charge in [-0.05, 0) is 18.6 Å². The van der Waals surface area contributed by atoms with E-state index in [1.54, 1.807) is 19.1 Å². The lowest BCUT2D eigenvalue weighted by Gasteiger charge is -2.11. The molecule has 0 saturated carbocycles. The van der Waals surface area contributed by atoms with Gasteiger partial charge in [0.05, 0.1) is 19.2 Å². The van der Waals surface area contributed by atoms with Gasteiger partial charge in [0.2, 0.25) is 0 Å². The van der Waals surface area contributed by atoms with Crippen LogP contribution in [0.15, 0.2) is 18.2 Å². The molecule has 1 aromatic carbocycles. The van der Waals surface area contributed by atoms with Crippen molar-refractivity contribution in [3.8, 4) is 5.75 Å². The molecule has 1 amide bonds.